The number of halogens is 2. The summed E-state index contributed by atoms with van der Waals surface area (Å²) in [6.07, 6.45) is 2.73. The quantitative estimate of drug-likeness (QED) is 0.498. The Morgan fingerprint density at radius 2 is 1.96 bits per heavy atom. The van der Waals surface area contributed by atoms with Crippen molar-refractivity contribution in [2.75, 3.05) is 13.2 Å². The third-order valence-corrected chi connectivity index (χ3v) is 4.30. The molecule has 0 spiro atoms. The third kappa shape index (κ3) is 4.99. The lowest BCUT2D eigenvalue weighted by Crippen LogP contribution is -2.01. The normalized spacial score (nSPS) is 11.0. The van der Waals surface area contributed by atoms with E-state index in [9.17, 15) is 0 Å². The van der Waals surface area contributed by atoms with Gasteiger partial charge in [-0.25, -0.2) is 0 Å². The van der Waals surface area contributed by atoms with Crippen LogP contribution in [0.4, 0.5) is 5.69 Å². The Hall–Kier alpha value is -1.52. The maximum atomic E-state index is 6.14. The second-order valence-electron chi connectivity index (χ2n) is 5.30. The van der Waals surface area contributed by atoms with Gasteiger partial charge in [-0.1, -0.05) is 24.6 Å². The molecule has 0 saturated heterocycles. The highest BCUT2D eigenvalue weighted by molar-refractivity contribution is 9.10. The van der Waals surface area contributed by atoms with Crippen molar-refractivity contribution in [3.8, 4) is 11.5 Å². The van der Waals surface area contributed by atoms with E-state index in [0.717, 1.165) is 33.5 Å². The van der Waals surface area contributed by atoms with Crippen molar-refractivity contribution in [3.05, 3.63) is 51.0 Å². The fraction of sp³-hybridized carbons (Fsp3) is 0.316. The molecule has 24 heavy (non-hydrogen) atoms. The first-order chi connectivity index (χ1) is 11.5. The van der Waals surface area contributed by atoms with Crippen LogP contribution in [0.25, 0.3) is 0 Å². The molecule has 0 aliphatic rings. The summed E-state index contributed by atoms with van der Waals surface area (Å²) in [5.41, 5.74) is 2.77. The summed E-state index contributed by atoms with van der Waals surface area (Å²) in [4.78, 5) is 4.49. The van der Waals surface area contributed by atoms with Crippen LogP contribution >= 0.6 is 27.5 Å². The minimum absolute atomic E-state index is 0.573. The summed E-state index contributed by atoms with van der Waals surface area (Å²) in [6, 6.07) is 9.64. The third-order valence-electron chi connectivity index (χ3n) is 3.30. The van der Waals surface area contributed by atoms with Gasteiger partial charge in [-0.05, 0) is 71.6 Å². The molecule has 0 amide bonds. The molecule has 0 radical (unpaired) electrons. The molecule has 0 aliphatic carbocycles. The van der Waals surface area contributed by atoms with Crippen LogP contribution < -0.4 is 9.47 Å². The molecule has 0 bridgehead atoms. The summed E-state index contributed by atoms with van der Waals surface area (Å²) in [6.45, 7) is 7.21. The van der Waals surface area contributed by atoms with Gasteiger partial charge in [0, 0.05) is 11.2 Å². The van der Waals surface area contributed by atoms with E-state index >= 15 is 0 Å². The van der Waals surface area contributed by atoms with Gasteiger partial charge in [0.15, 0.2) is 11.5 Å². The van der Waals surface area contributed by atoms with Crippen molar-refractivity contribution in [2.24, 2.45) is 4.99 Å². The number of aliphatic imine (C=N–C) groups is 1. The lowest BCUT2D eigenvalue weighted by Gasteiger charge is -2.14. The van der Waals surface area contributed by atoms with Crippen LogP contribution in [0.5, 0.6) is 11.5 Å². The number of ether oxygens (including phenoxy) is 2. The van der Waals surface area contributed by atoms with Gasteiger partial charge in [-0.15, -0.1) is 0 Å². The van der Waals surface area contributed by atoms with Crippen LogP contribution in [-0.2, 0) is 0 Å². The fourth-order valence-electron chi connectivity index (χ4n) is 2.08. The number of hydrogen-bond acceptors (Lipinski definition) is 3. The minimum atomic E-state index is 0.573. The molecule has 128 valence electrons. The molecule has 0 heterocycles. The Balaban J connectivity index is 2.29. The van der Waals surface area contributed by atoms with Gasteiger partial charge >= 0.3 is 0 Å². The molecule has 0 aromatic heterocycles. The van der Waals surface area contributed by atoms with E-state index in [1.54, 1.807) is 6.21 Å². The average Bonchev–Trinajstić information content (AvgIpc) is 2.55. The molecule has 2 aromatic rings. The van der Waals surface area contributed by atoms with E-state index in [4.69, 9.17) is 21.1 Å². The standard InChI is InChI=1S/C19H21BrClNO2/c1-4-8-24-19-16(20)9-14(10-18(19)23-5-2)12-22-15-7-6-13(3)17(21)11-15/h6-7,9-12H,4-5,8H2,1-3H3. The summed E-state index contributed by atoms with van der Waals surface area (Å²) >= 11 is 9.70. The van der Waals surface area contributed by atoms with Crippen molar-refractivity contribution in [1.82, 2.24) is 0 Å². The van der Waals surface area contributed by atoms with Crippen LogP contribution in [0, 0.1) is 6.92 Å². The predicted molar refractivity (Wildman–Crippen MR) is 105 cm³/mol. The van der Waals surface area contributed by atoms with Gasteiger partial charge in [0.2, 0.25) is 0 Å². The second-order valence-corrected chi connectivity index (χ2v) is 6.56. The van der Waals surface area contributed by atoms with Crippen LogP contribution in [0.3, 0.4) is 0 Å². The van der Waals surface area contributed by atoms with Crippen LogP contribution in [0.1, 0.15) is 31.4 Å². The first-order valence-corrected chi connectivity index (χ1v) is 9.11. The zero-order chi connectivity index (χ0) is 17.5. The second kappa shape index (κ2) is 9.09. The largest absolute Gasteiger partial charge is 0.490 e. The van der Waals surface area contributed by atoms with E-state index in [1.165, 1.54) is 0 Å². The van der Waals surface area contributed by atoms with Crippen molar-refractivity contribution in [2.45, 2.75) is 27.2 Å². The molecular formula is C19H21BrClNO2. The van der Waals surface area contributed by atoms with Crippen LogP contribution in [0.15, 0.2) is 39.8 Å². The van der Waals surface area contributed by atoms with Crippen LogP contribution in [-0.4, -0.2) is 19.4 Å². The molecule has 2 aromatic carbocycles. The fourth-order valence-corrected chi connectivity index (χ4v) is 2.83. The monoisotopic (exact) mass is 409 g/mol. The van der Waals surface area contributed by atoms with Crippen molar-refractivity contribution in [3.63, 3.8) is 0 Å². The number of aryl methyl sites for hydroxylation is 1. The number of rotatable bonds is 7. The summed E-state index contributed by atoms with van der Waals surface area (Å²) < 4.78 is 12.3. The van der Waals surface area contributed by atoms with E-state index in [-0.39, 0.29) is 0 Å². The van der Waals surface area contributed by atoms with E-state index in [1.807, 2.05) is 44.2 Å². The molecule has 0 aliphatic heterocycles. The molecule has 0 unspecified atom stereocenters. The average molecular weight is 411 g/mol. The lowest BCUT2D eigenvalue weighted by atomic mass is 10.2. The van der Waals surface area contributed by atoms with Crippen molar-refractivity contribution in [1.29, 1.82) is 0 Å². The van der Waals surface area contributed by atoms with Crippen molar-refractivity contribution >= 4 is 39.4 Å². The SMILES string of the molecule is CCCOc1c(Br)cc(C=Nc2ccc(C)c(Cl)c2)cc1OCC. The summed E-state index contributed by atoms with van der Waals surface area (Å²) in [5.74, 6) is 1.44. The van der Waals surface area contributed by atoms with E-state index in [0.29, 0.717) is 24.0 Å². The molecule has 2 rings (SSSR count). The molecule has 0 saturated carbocycles. The molecule has 5 heteroatoms. The zero-order valence-electron chi connectivity index (χ0n) is 14.1. The Labute approximate surface area is 156 Å². The molecule has 3 nitrogen and oxygen atoms in total. The highest BCUT2D eigenvalue weighted by atomic mass is 79.9. The summed E-state index contributed by atoms with van der Waals surface area (Å²) in [5, 5.41) is 0.712. The highest BCUT2D eigenvalue weighted by Crippen LogP contribution is 2.37. The van der Waals surface area contributed by atoms with Crippen molar-refractivity contribution < 1.29 is 9.47 Å². The maximum Gasteiger partial charge on any atom is 0.175 e. The first kappa shape index (κ1) is 18.8. The number of benzene rings is 2. The van der Waals surface area contributed by atoms with E-state index < -0.39 is 0 Å². The van der Waals surface area contributed by atoms with Gasteiger partial charge < -0.3 is 9.47 Å². The van der Waals surface area contributed by atoms with Gasteiger partial charge in [0.25, 0.3) is 0 Å². The zero-order valence-corrected chi connectivity index (χ0v) is 16.4. The van der Waals surface area contributed by atoms with Gasteiger partial charge in [-0.3, -0.25) is 4.99 Å². The Morgan fingerprint density at radius 1 is 1.17 bits per heavy atom. The van der Waals surface area contributed by atoms with Gasteiger partial charge in [-0.2, -0.15) is 0 Å². The Bertz CT molecular complexity index is 732. The highest BCUT2D eigenvalue weighted by Gasteiger charge is 2.11. The van der Waals surface area contributed by atoms with Gasteiger partial charge in [0.05, 0.1) is 23.4 Å². The molecule has 0 atom stereocenters. The smallest absolute Gasteiger partial charge is 0.175 e. The summed E-state index contributed by atoms with van der Waals surface area (Å²) in [7, 11) is 0. The molecule has 0 N–H and O–H groups in total. The Kier molecular flexibility index (Phi) is 7.13. The first-order valence-electron chi connectivity index (χ1n) is 7.94. The van der Waals surface area contributed by atoms with Gasteiger partial charge in [0.1, 0.15) is 0 Å². The number of hydrogen-bond donors (Lipinski definition) is 0. The van der Waals surface area contributed by atoms with Crippen LogP contribution in [0.2, 0.25) is 5.02 Å². The Morgan fingerprint density at radius 3 is 2.62 bits per heavy atom. The lowest BCUT2D eigenvalue weighted by molar-refractivity contribution is 0.275. The van der Waals surface area contributed by atoms with E-state index in [2.05, 4.69) is 27.8 Å². The topological polar surface area (TPSA) is 30.8 Å². The molecular weight excluding hydrogens is 390 g/mol. The number of nitrogens with zero attached hydrogens (tertiary/aromatic N) is 1. The minimum Gasteiger partial charge on any atom is -0.490 e. The molecule has 0 fully saturated rings. The predicted octanol–water partition coefficient (Wildman–Crippen LogP) is 6.35. The maximum absolute atomic E-state index is 6.14.